The molecule has 4 aliphatic rings. The largest absolute Gasteiger partial charge is 0.469 e. The van der Waals surface area contributed by atoms with Crippen molar-refractivity contribution in [1.29, 1.82) is 0 Å². The van der Waals surface area contributed by atoms with Gasteiger partial charge in [-0.2, -0.15) is 0 Å². The fourth-order valence-corrected chi connectivity index (χ4v) is 8.53. The summed E-state index contributed by atoms with van der Waals surface area (Å²) in [5.41, 5.74) is 0.0157. The summed E-state index contributed by atoms with van der Waals surface area (Å²) in [5.74, 6) is 3.37. The third-order valence-corrected chi connectivity index (χ3v) is 10.3. The second-order valence-electron chi connectivity index (χ2n) is 11.3. The molecule has 0 spiro atoms. The molecule has 4 heteroatoms. The summed E-state index contributed by atoms with van der Waals surface area (Å²) < 4.78 is 4.83. The van der Waals surface area contributed by atoms with Crippen LogP contribution in [0.1, 0.15) is 85.0 Å². The van der Waals surface area contributed by atoms with Crippen LogP contribution in [0.2, 0.25) is 0 Å². The number of ether oxygens (including phenoxy) is 1. The molecule has 0 amide bonds. The zero-order chi connectivity index (χ0) is 21.0. The molecular weight excluding hydrogens is 364 g/mol. The van der Waals surface area contributed by atoms with Crippen molar-refractivity contribution in [2.75, 3.05) is 7.11 Å². The molecule has 1 N–H and O–H groups in total. The lowest BCUT2D eigenvalue weighted by atomic mass is 9.44. The Morgan fingerprint density at radius 3 is 2.66 bits per heavy atom. The van der Waals surface area contributed by atoms with Gasteiger partial charge in [0.05, 0.1) is 13.2 Å². The first-order valence-corrected chi connectivity index (χ1v) is 12.0. The molecule has 0 radical (unpaired) electrons. The van der Waals surface area contributed by atoms with Gasteiger partial charge in [0.1, 0.15) is 5.78 Å². The van der Waals surface area contributed by atoms with Gasteiger partial charge in [-0.05, 0) is 92.3 Å². The van der Waals surface area contributed by atoms with Crippen LogP contribution in [0.25, 0.3) is 0 Å². The topological polar surface area (TPSA) is 63.6 Å². The van der Waals surface area contributed by atoms with E-state index in [2.05, 4.69) is 20.8 Å². The molecule has 29 heavy (non-hydrogen) atoms. The molecule has 0 aromatic rings. The van der Waals surface area contributed by atoms with Gasteiger partial charge >= 0.3 is 5.97 Å². The Morgan fingerprint density at radius 1 is 1.17 bits per heavy atom. The van der Waals surface area contributed by atoms with E-state index in [-0.39, 0.29) is 22.9 Å². The Bertz CT molecular complexity index is 659. The predicted octanol–water partition coefficient (Wildman–Crippen LogP) is 4.77. The van der Waals surface area contributed by atoms with Crippen molar-refractivity contribution in [2.45, 2.75) is 91.1 Å². The van der Waals surface area contributed by atoms with Crippen LogP contribution < -0.4 is 0 Å². The van der Waals surface area contributed by atoms with Gasteiger partial charge in [-0.3, -0.25) is 9.59 Å². The Kier molecular flexibility index (Phi) is 5.63. The first kappa shape index (κ1) is 21.3. The van der Waals surface area contributed by atoms with Crippen LogP contribution in [0.5, 0.6) is 0 Å². The normalized spacial score (nSPS) is 47.7. The number of methoxy groups -OCH3 is 1. The minimum absolute atomic E-state index is 0.138. The quantitative estimate of drug-likeness (QED) is 0.685. The second kappa shape index (κ2) is 7.66. The van der Waals surface area contributed by atoms with Gasteiger partial charge in [-0.1, -0.05) is 20.8 Å². The van der Waals surface area contributed by atoms with Crippen LogP contribution in [-0.2, 0) is 14.3 Å². The van der Waals surface area contributed by atoms with E-state index in [9.17, 15) is 14.7 Å². The molecule has 0 bridgehead atoms. The van der Waals surface area contributed by atoms with E-state index >= 15 is 0 Å². The minimum atomic E-state index is -0.214. The molecule has 4 rings (SSSR count). The molecule has 0 unspecified atom stereocenters. The highest BCUT2D eigenvalue weighted by Gasteiger charge is 2.63. The van der Waals surface area contributed by atoms with Crippen molar-refractivity contribution >= 4 is 11.8 Å². The van der Waals surface area contributed by atoms with E-state index in [0.717, 1.165) is 38.5 Å². The number of aliphatic hydroxyl groups is 1. The lowest BCUT2D eigenvalue weighted by Gasteiger charge is -2.60. The van der Waals surface area contributed by atoms with Gasteiger partial charge in [-0.25, -0.2) is 0 Å². The number of fused-ring (bicyclic) bond motifs is 5. The Hall–Kier alpha value is -0.900. The standard InChI is InChI=1S/C25H40O4/c1-15(5-10-23(28)29-4)19-8-9-20-18-7-6-16-13-17(26)11-12-24(16,2)21(18)14-22(27)25(19,20)3/h15-21,26H,5-14H2,1-4H3/t15-,16+,17+,18-,19+,20-,21-,24+,25+/m1/s1. The number of aliphatic hydroxyl groups excluding tert-OH is 1. The lowest BCUT2D eigenvalue weighted by Crippen LogP contribution is -2.57. The average Bonchev–Trinajstić information content (AvgIpc) is 3.06. The first-order chi connectivity index (χ1) is 13.7. The Balaban J connectivity index is 1.54. The highest BCUT2D eigenvalue weighted by molar-refractivity contribution is 5.87. The Labute approximate surface area is 176 Å². The summed E-state index contributed by atoms with van der Waals surface area (Å²) in [7, 11) is 1.45. The number of Topliss-reactive ketones (excluding diaryl/α,β-unsaturated/α-hetero) is 1. The summed E-state index contributed by atoms with van der Waals surface area (Å²) in [6.45, 7) is 6.94. The molecule has 0 saturated heterocycles. The van der Waals surface area contributed by atoms with E-state index in [1.54, 1.807) is 0 Å². The second-order valence-corrected chi connectivity index (χ2v) is 11.3. The summed E-state index contributed by atoms with van der Waals surface area (Å²) in [6.07, 6.45) is 9.53. The summed E-state index contributed by atoms with van der Waals surface area (Å²) >= 11 is 0. The highest BCUT2D eigenvalue weighted by Crippen LogP contribution is 2.67. The van der Waals surface area contributed by atoms with Crippen molar-refractivity contribution in [3.05, 3.63) is 0 Å². The molecule has 4 nitrogen and oxygen atoms in total. The van der Waals surface area contributed by atoms with Crippen molar-refractivity contribution in [1.82, 2.24) is 0 Å². The highest BCUT2D eigenvalue weighted by atomic mass is 16.5. The van der Waals surface area contributed by atoms with Crippen LogP contribution in [-0.4, -0.2) is 30.1 Å². The molecule has 164 valence electrons. The maximum absolute atomic E-state index is 13.7. The molecule has 9 atom stereocenters. The number of rotatable bonds is 4. The molecule has 4 aliphatic carbocycles. The number of hydrogen-bond acceptors (Lipinski definition) is 4. The van der Waals surface area contributed by atoms with Crippen molar-refractivity contribution < 1.29 is 19.4 Å². The fraction of sp³-hybridized carbons (Fsp3) is 0.920. The van der Waals surface area contributed by atoms with Crippen LogP contribution in [0.3, 0.4) is 0 Å². The molecule has 0 aromatic heterocycles. The monoisotopic (exact) mass is 404 g/mol. The van der Waals surface area contributed by atoms with Crippen molar-refractivity contribution in [3.63, 3.8) is 0 Å². The summed E-state index contributed by atoms with van der Waals surface area (Å²) in [5, 5.41) is 10.2. The van der Waals surface area contributed by atoms with Gasteiger partial charge in [0.2, 0.25) is 0 Å². The number of carbonyl (C=O) groups is 2. The van der Waals surface area contributed by atoms with E-state index in [0.29, 0.717) is 47.7 Å². The van der Waals surface area contributed by atoms with E-state index in [1.165, 1.54) is 26.4 Å². The SMILES string of the molecule is COC(=O)CC[C@@H](C)[C@@H]1CC[C@@H]2[C@H]3CC[C@H]4C[C@@H](O)CC[C@]4(C)[C@@H]3CC(=O)[C@]21C. The maximum atomic E-state index is 13.7. The van der Waals surface area contributed by atoms with Crippen LogP contribution in [0.15, 0.2) is 0 Å². The molecular formula is C25H40O4. The van der Waals surface area contributed by atoms with Crippen molar-refractivity contribution in [3.8, 4) is 0 Å². The van der Waals surface area contributed by atoms with Crippen molar-refractivity contribution in [2.24, 2.45) is 46.3 Å². The molecule has 0 aliphatic heterocycles. The zero-order valence-corrected chi connectivity index (χ0v) is 18.8. The molecule has 0 heterocycles. The lowest BCUT2D eigenvalue weighted by molar-refractivity contribution is -0.160. The molecule has 4 fully saturated rings. The van der Waals surface area contributed by atoms with Gasteiger partial charge in [0, 0.05) is 18.3 Å². The van der Waals surface area contributed by atoms with Gasteiger partial charge < -0.3 is 9.84 Å². The van der Waals surface area contributed by atoms with Crippen LogP contribution >= 0.6 is 0 Å². The number of carbonyl (C=O) groups excluding carboxylic acids is 2. The number of hydrogen-bond donors (Lipinski definition) is 1. The smallest absolute Gasteiger partial charge is 0.305 e. The van der Waals surface area contributed by atoms with Crippen LogP contribution in [0, 0.1) is 46.3 Å². The van der Waals surface area contributed by atoms with E-state index in [1.807, 2.05) is 0 Å². The number of esters is 1. The summed E-state index contributed by atoms with van der Waals surface area (Å²) in [4.78, 5) is 25.3. The van der Waals surface area contributed by atoms with E-state index in [4.69, 9.17) is 4.74 Å². The fourth-order valence-electron chi connectivity index (χ4n) is 8.53. The van der Waals surface area contributed by atoms with Gasteiger partial charge in [-0.15, -0.1) is 0 Å². The molecule has 4 saturated carbocycles. The predicted molar refractivity (Wildman–Crippen MR) is 112 cm³/mol. The Morgan fingerprint density at radius 2 is 1.93 bits per heavy atom. The molecule has 0 aromatic carbocycles. The zero-order valence-electron chi connectivity index (χ0n) is 18.8. The first-order valence-electron chi connectivity index (χ1n) is 12.0. The van der Waals surface area contributed by atoms with Gasteiger partial charge in [0.15, 0.2) is 0 Å². The maximum Gasteiger partial charge on any atom is 0.305 e. The third-order valence-electron chi connectivity index (χ3n) is 10.3. The third kappa shape index (κ3) is 3.28. The van der Waals surface area contributed by atoms with Gasteiger partial charge in [0.25, 0.3) is 0 Å². The van der Waals surface area contributed by atoms with E-state index < -0.39 is 0 Å². The van der Waals surface area contributed by atoms with Crippen LogP contribution in [0.4, 0.5) is 0 Å². The summed E-state index contributed by atoms with van der Waals surface area (Å²) in [6, 6.07) is 0. The minimum Gasteiger partial charge on any atom is -0.469 e. The number of ketones is 1. The average molecular weight is 405 g/mol.